The fourth-order valence-corrected chi connectivity index (χ4v) is 1.28. The van der Waals surface area contributed by atoms with Crippen molar-refractivity contribution >= 4 is 11.5 Å². The quantitative estimate of drug-likeness (QED) is 0.713. The van der Waals surface area contributed by atoms with Gasteiger partial charge in [0.05, 0.1) is 16.8 Å². The number of aromatic carboxylic acids is 1. The number of nitrogens with zero attached hydrogens (tertiary/aromatic N) is 2. The van der Waals surface area contributed by atoms with Gasteiger partial charge in [-0.3, -0.25) is 0 Å². The molecule has 2 heterocycles. The second-order valence-electron chi connectivity index (χ2n) is 2.83. The minimum absolute atomic E-state index is 0.256. The molecular formula is C9H8N2O2. The lowest BCUT2D eigenvalue weighted by molar-refractivity contribution is 0.0695. The molecule has 0 radical (unpaired) electrons. The first-order chi connectivity index (χ1) is 6.18. The Hall–Kier alpha value is -1.84. The van der Waals surface area contributed by atoms with E-state index in [1.54, 1.807) is 23.7 Å². The lowest BCUT2D eigenvalue weighted by Gasteiger charge is -2.00. The lowest BCUT2D eigenvalue weighted by Crippen LogP contribution is -2.04. The van der Waals surface area contributed by atoms with Gasteiger partial charge >= 0.3 is 5.97 Å². The van der Waals surface area contributed by atoms with Crippen molar-refractivity contribution in [2.45, 2.75) is 6.92 Å². The molecule has 2 aromatic heterocycles. The molecule has 0 fully saturated rings. The van der Waals surface area contributed by atoms with Gasteiger partial charge in [0.2, 0.25) is 0 Å². The topological polar surface area (TPSA) is 54.6 Å². The van der Waals surface area contributed by atoms with Crippen molar-refractivity contribution in [1.82, 2.24) is 9.61 Å². The summed E-state index contributed by atoms with van der Waals surface area (Å²) in [7, 11) is 0. The molecule has 4 heteroatoms. The average molecular weight is 176 g/mol. The SMILES string of the molecule is Cc1nn2cccc2cc1C(=O)O. The Bertz CT molecular complexity index is 473. The van der Waals surface area contributed by atoms with Crippen LogP contribution in [0.1, 0.15) is 16.1 Å². The van der Waals surface area contributed by atoms with Gasteiger partial charge in [-0.25, -0.2) is 9.31 Å². The molecule has 0 spiro atoms. The van der Waals surface area contributed by atoms with Crippen molar-refractivity contribution in [3.05, 3.63) is 35.7 Å². The molecule has 0 aliphatic carbocycles. The van der Waals surface area contributed by atoms with E-state index in [0.29, 0.717) is 5.69 Å². The van der Waals surface area contributed by atoms with Crippen LogP contribution < -0.4 is 0 Å². The summed E-state index contributed by atoms with van der Waals surface area (Å²) in [6.07, 6.45) is 1.79. The number of aromatic nitrogens is 2. The predicted octanol–water partition coefficient (Wildman–Crippen LogP) is 1.34. The molecule has 13 heavy (non-hydrogen) atoms. The van der Waals surface area contributed by atoms with Crippen LogP contribution in [-0.2, 0) is 0 Å². The van der Waals surface area contributed by atoms with E-state index in [1.165, 1.54) is 0 Å². The number of carboxylic acid groups (broad SMARTS) is 1. The van der Waals surface area contributed by atoms with Crippen LogP contribution in [-0.4, -0.2) is 20.7 Å². The third kappa shape index (κ3) is 1.16. The Morgan fingerprint density at radius 2 is 2.38 bits per heavy atom. The van der Waals surface area contributed by atoms with Crippen LogP contribution in [0.5, 0.6) is 0 Å². The Labute approximate surface area is 74.4 Å². The molecule has 0 aliphatic heterocycles. The van der Waals surface area contributed by atoms with Crippen LogP contribution in [0.2, 0.25) is 0 Å². The second kappa shape index (κ2) is 2.58. The highest BCUT2D eigenvalue weighted by molar-refractivity contribution is 5.90. The third-order valence-corrected chi connectivity index (χ3v) is 1.93. The Kier molecular flexibility index (Phi) is 1.55. The van der Waals surface area contributed by atoms with Gasteiger partial charge in [-0.1, -0.05) is 0 Å². The maximum Gasteiger partial charge on any atom is 0.337 e. The van der Waals surface area contributed by atoms with Crippen molar-refractivity contribution in [2.75, 3.05) is 0 Å². The third-order valence-electron chi connectivity index (χ3n) is 1.93. The second-order valence-corrected chi connectivity index (χ2v) is 2.83. The van der Waals surface area contributed by atoms with Crippen molar-refractivity contribution in [3.63, 3.8) is 0 Å². The van der Waals surface area contributed by atoms with Crippen LogP contribution in [0.3, 0.4) is 0 Å². The highest BCUT2D eigenvalue weighted by atomic mass is 16.4. The van der Waals surface area contributed by atoms with Crippen molar-refractivity contribution < 1.29 is 9.90 Å². The smallest absolute Gasteiger partial charge is 0.337 e. The van der Waals surface area contributed by atoms with E-state index >= 15 is 0 Å². The van der Waals surface area contributed by atoms with Crippen LogP contribution in [0.25, 0.3) is 5.52 Å². The fourth-order valence-electron chi connectivity index (χ4n) is 1.28. The number of carboxylic acids is 1. The van der Waals surface area contributed by atoms with Gasteiger partial charge in [-0.15, -0.1) is 0 Å². The molecule has 0 unspecified atom stereocenters. The molecule has 0 aliphatic rings. The molecule has 2 aromatic rings. The van der Waals surface area contributed by atoms with E-state index in [4.69, 9.17) is 5.11 Å². The number of carbonyl (C=O) groups is 1. The Balaban J connectivity index is 2.76. The van der Waals surface area contributed by atoms with Crippen molar-refractivity contribution in [2.24, 2.45) is 0 Å². The molecule has 2 rings (SSSR count). The van der Waals surface area contributed by atoms with Crippen molar-refractivity contribution in [3.8, 4) is 0 Å². The monoisotopic (exact) mass is 176 g/mol. The minimum Gasteiger partial charge on any atom is -0.478 e. The van der Waals surface area contributed by atoms with Gasteiger partial charge in [0.15, 0.2) is 0 Å². The van der Waals surface area contributed by atoms with E-state index in [2.05, 4.69) is 5.10 Å². The van der Waals surface area contributed by atoms with Crippen LogP contribution >= 0.6 is 0 Å². The predicted molar refractivity (Wildman–Crippen MR) is 46.9 cm³/mol. The molecule has 66 valence electrons. The molecule has 0 saturated heterocycles. The summed E-state index contributed by atoms with van der Waals surface area (Å²) in [5.41, 5.74) is 1.57. The van der Waals surface area contributed by atoms with E-state index < -0.39 is 5.97 Å². The van der Waals surface area contributed by atoms with Crippen LogP contribution in [0.15, 0.2) is 24.4 Å². The molecule has 1 N–H and O–H groups in total. The summed E-state index contributed by atoms with van der Waals surface area (Å²) in [4.78, 5) is 10.7. The highest BCUT2D eigenvalue weighted by Gasteiger charge is 2.09. The largest absolute Gasteiger partial charge is 0.478 e. The zero-order valence-electron chi connectivity index (χ0n) is 7.06. The first-order valence-electron chi connectivity index (χ1n) is 3.87. The van der Waals surface area contributed by atoms with E-state index in [1.807, 2.05) is 12.1 Å². The van der Waals surface area contributed by atoms with Gasteiger partial charge in [0.1, 0.15) is 0 Å². The maximum absolute atomic E-state index is 10.7. The minimum atomic E-state index is -0.936. The summed E-state index contributed by atoms with van der Waals surface area (Å²) in [6.45, 7) is 1.68. The Morgan fingerprint density at radius 1 is 1.62 bits per heavy atom. The summed E-state index contributed by atoms with van der Waals surface area (Å²) in [5.74, 6) is -0.936. The summed E-state index contributed by atoms with van der Waals surface area (Å²) < 4.78 is 1.65. The van der Waals surface area contributed by atoms with Crippen LogP contribution in [0.4, 0.5) is 0 Å². The lowest BCUT2D eigenvalue weighted by atomic mass is 10.2. The molecule has 0 saturated carbocycles. The van der Waals surface area contributed by atoms with Gasteiger partial charge in [0.25, 0.3) is 0 Å². The zero-order chi connectivity index (χ0) is 9.42. The molecule has 0 amide bonds. The van der Waals surface area contributed by atoms with E-state index in [9.17, 15) is 4.79 Å². The number of hydrogen-bond acceptors (Lipinski definition) is 2. The van der Waals surface area contributed by atoms with E-state index in [-0.39, 0.29) is 5.56 Å². The summed E-state index contributed by atoms with van der Waals surface area (Å²) in [6, 6.07) is 5.26. The van der Waals surface area contributed by atoms with Crippen molar-refractivity contribution in [1.29, 1.82) is 0 Å². The Morgan fingerprint density at radius 3 is 3.08 bits per heavy atom. The van der Waals surface area contributed by atoms with Crippen LogP contribution in [0, 0.1) is 6.92 Å². The van der Waals surface area contributed by atoms with E-state index in [0.717, 1.165) is 5.52 Å². The van der Waals surface area contributed by atoms with Gasteiger partial charge in [-0.05, 0) is 25.1 Å². The van der Waals surface area contributed by atoms with Gasteiger partial charge in [-0.2, -0.15) is 5.10 Å². The molecule has 0 atom stereocenters. The van der Waals surface area contributed by atoms with Gasteiger partial charge in [0, 0.05) is 6.20 Å². The first-order valence-corrected chi connectivity index (χ1v) is 3.87. The summed E-state index contributed by atoms with van der Waals surface area (Å²) in [5, 5.41) is 12.9. The standard InChI is InChI=1S/C9H8N2O2/c1-6-8(9(12)13)5-7-3-2-4-11(7)10-6/h2-5H,1H3,(H,12,13). The normalized spacial score (nSPS) is 10.5. The molecular weight excluding hydrogens is 168 g/mol. The zero-order valence-corrected chi connectivity index (χ0v) is 7.06. The number of rotatable bonds is 1. The fraction of sp³-hybridized carbons (Fsp3) is 0.111. The first kappa shape index (κ1) is 7.79. The number of aryl methyl sites for hydroxylation is 1. The molecule has 4 nitrogen and oxygen atoms in total. The molecule has 0 bridgehead atoms. The molecule has 0 aromatic carbocycles. The number of fused-ring (bicyclic) bond motifs is 1. The summed E-state index contributed by atoms with van der Waals surface area (Å²) >= 11 is 0. The average Bonchev–Trinajstić information content (AvgIpc) is 2.48. The highest BCUT2D eigenvalue weighted by Crippen LogP contribution is 2.09. The maximum atomic E-state index is 10.7. The van der Waals surface area contributed by atoms with Gasteiger partial charge < -0.3 is 5.11 Å². The number of hydrogen-bond donors (Lipinski definition) is 1.